The standard InChI is InChI=1S/C13H15BrClNO/c14-9-16-13(8-4-3-7-12(13)17)10-5-1-2-6-11(10)15/h1-2,5-6,16H,3-4,7-9H2/t13-/m1/s1. The quantitative estimate of drug-likeness (QED) is 0.681. The van der Waals surface area contributed by atoms with Crippen molar-refractivity contribution in [3.63, 3.8) is 0 Å². The predicted molar refractivity (Wildman–Crippen MR) is 73.5 cm³/mol. The summed E-state index contributed by atoms with van der Waals surface area (Å²) in [6.07, 6.45) is 3.48. The van der Waals surface area contributed by atoms with Gasteiger partial charge in [0.2, 0.25) is 0 Å². The summed E-state index contributed by atoms with van der Waals surface area (Å²) >= 11 is 9.60. The van der Waals surface area contributed by atoms with Gasteiger partial charge in [0.1, 0.15) is 5.54 Å². The Morgan fingerprint density at radius 2 is 2.12 bits per heavy atom. The van der Waals surface area contributed by atoms with Crippen LogP contribution in [-0.4, -0.2) is 11.2 Å². The maximum atomic E-state index is 12.3. The zero-order valence-electron chi connectivity index (χ0n) is 9.51. The van der Waals surface area contributed by atoms with Crippen molar-refractivity contribution in [1.82, 2.24) is 5.32 Å². The van der Waals surface area contributed by atoms with E-state index in [1.807, 2.05) is 24.3 Å². The van der Waals surface area contributed by atoms with Gasteiger partial charge in [-0.1, -0.05) is 52.2 Å². The number of hydrogen-bond acceptors (Lipinski definition) is 2. The van der Waals surface area contributed by atoms with E-state index < -0.39 is 5.54 Å². The molecule has 0 unspecified atom stereocenters. The number of rotatable bonds is 3. The highest BCUT2D eigenvalue weighted by molar-refractivity contribution is 9.09. The molecule has 0 aromatic heterocycles. The van der Waals surface area contributed by atoms with Gasteiger partial charge in [0, 0.05) is 11.4 Å². The minimum absolute atomic E-state index is 0.247. The van der Waals surface area contributed by atoms with Gasteiger partial charge in [-0.15, -0.1) is 0 Å². The highest BCUT2D eigenvalue weighted by Gasteiger charge is 2.41. The third-order valence-corrected chi connectivity index (χ3v) is 3.99. The highest BCUT2D eigenvalue weighted by Crippen LogP contribution is 2.37. The normalized spacial score (nSPS) is 24.9. The molecule has 0 saturated heterocycles. The summed E-state index contributed by atoms with van der Waals surface area (Å²) in [6.45, 7) is 0. The van der Waals surface area contributed by atoms with Gasteiger partial charge in [0.25, 0.3) is 0 Å². The van der Waals surface area contributed by atoms with Crippen LogP contribution in [0.4, 0.5) is 0 Å². The van der Waals surface area contributed by atoms with Crippen LogP contribution in [0.5, 0.6) is 0 Å². The number of carbonyl (C=O) groups is 1. The van der Waals surface area contributed by atoms with Gasteiger partial charge in [-0.25, -0.2) is 0 Å². The van der Waals surface area contributed by atoms with Crippen molar-refractivity contribution < 1.29 is 4.79 Å². The zero-order chi connectivity index (χ0) is 12.3. The first-order valence-corrected chi connectivity index (χ1v) is 7.30. The zero-order valence-corrected chi connectivity index (χ0v) is 11.9. The Bertz CT molecular complexity index is 420. The Labute approximate surface area is 115 Å². The van der Waals surface area contributed by atoms with Crippen LogP contribution in [0.1, 0.15) is 31.2 Å². The van der Waals surface area contributed by atoms with Crippen molar-refractivity contribution in [2.75, 3.05) is 5.45 Å². The summed E-state index contributed by atoms with van der Waals surface area (Å²) in [4.78, 5) is 12.3. The lowest BCUT2D eigenvalue weighted by molar-refractivity contribution is -0.127. The summed E-state index contributed by atoms with van der Waals surface area (Å²) in [6, 6.07) is 7.61. The van der Waals surface area contributed by atoms with E-state index in [4.69, 9.17) is 11.6 Å². The average Bonchev–Trinajstić information content (AvgIpc) is 2.33. The number of benzene rings is 1. The van der Waals surface area contributed by atoms with Crippen LogP contribution in [-0.2, 0) is 10.3 Å². The summed E-state index contributed by atoms with van der Waals surface area (Å²) < 4.78 is 0. The van der Waals surface area contributed by atoms with E-state index >= 15 is 0 Å². The Morgan fingerprint density at radius 1 is 1.35 bits per heavy atom. The van der Waals surface area contributed by atoms with Crippen molar-refractivity contribution in [1.29, 1.82) is 0 Å². The second kappa shape index (κ2) is 5.51. The first kappa shape index (κ1) is 13.1. The number of ketones is 1. The van der Waals surface area contributed by atoms with Gasteiger partial charge < -0.3 is 0 Å². The molecule has 2 nitrogen and oxygen atoms in total. The molecular weight excluding hydrogens is 302 g/mol. The summed E-state index contributed by atoms with van der Waals surface area (Å²) in [5.74, 6) is 0.247. The van der Waals surface area contributed by atoms with Crippen molar-refractivity contribution in [2.24, 2.45) is 0 Å². The number of halogens is 2. The SMILES string of the molecule is O=C1CCCC[C@@]1(NCBr)c1ccccc1Cl. The van der Waals surface area contributed by atoms with E-state index in [1.54, 1.807) is 0 Å². The molecule has 0 aliphatic heterocycles. The van der Waals surface area contributed by atoms with E-state index in [0.29, 0.717) is 16.9 Å². The second-order valence-electron chi connectivity index (χ2n) is 4.33. The fourth-order valence-corrected chi connectivity index (χ4v) is 3.29. The van der Waals surface area contributed by atoms with Gasteiger partial charge in [-0.2, -0.15) is 0 Å². The molecule has 0 spiro atoms. The Kier molecular flexibility index (Phi) is 4.23. The summed E-state index contributed by atoms with van der Waals surface area (Å²) in [5, 5.41) is 3.95. The largest absolute Gasteiger partial charge is 0.297 e. The van der Waals surface area contributed by atoms with Crippen LogP contribution in [0, 0.1) is 0 Å². The number of carbonyl (C=O) groups excluding carboxylic acids is 1. The fourth-order valence-electron chi connectivity index (χ4n) is 2.52. The van der Waals surface area contributed by atoms with Crippen molar-refractivity contribution in [2.45, 2.75) is 31.2 Å². The number of hydrogen-bond donors (Lipinski definition) is 1. The van der Waals surface area contributed by atoms with Crippen LogP contribution >= 0.6 is 27.5 Å². The van der Waals surface area contributed by atoms with E-state index in [-0.39, 0.29) is 5.78 Å². The van der Waals surface area contributed by atoms with Gasteiger partial charge in [0.05, 0.1) is 5.45 Å². The molecule has 2 rings (SSSR count). The lowest BCUT2D eigenvalue weighted by Crippen LogP contribution is -2.50. The Morgan fingerprint density at radius 3 is 2.76 bits per heavy atom. The van der Waals surface area contributed by atoms with Crippen LogP contribution < -0.4 is 5.32 Å². The molecule has 4 heteroatoms. The molecule has 1 saturated carbocycles. The van der Waals surface area contributed by atoms with Gasteiger partial charge in [-0.3, -0.25) is 10.1 Å². The lowest BCUT2D eigenvalue weighted by atomic mass is 9.75. The molecule has 1 atom stereocenters. The van der Waals surface area contributed by atoms with Crippen molar-refractivity contribution in [3.8, 4) is 0 Å². The fraction of sp³-hybridized carbons (Fsp3) is 0.462. The smallest absolute Gasteiger partial charge is 0.157 e. The van der Waals surface area contributed by atoms with Gasteiger partial charge in [-0.05, 0) is 24.5 Å². The molecule has 1 aromatic carbocycles. The van der Waals surface area contributed by atoms with Crippen molar-refractivity contribution in [3.05, 3.63) is 34.9 Å². The van der Waals surface area contributed by atoms with E-state index in [2.05, 4.69) is 21.2 Å². The number of Topliss-reactive ketones (excluding diaryl/α,β-unsaturated/α-hetero) is 1. The van der Waals surface area contributed by atoms with Crippen molar-refractivity contribution >= 4 is 33.3 Å². The molecule has 0 bridgehead atoms. The topological polar surface area (TPSA) is 29.1 Å². The Balaban J connectivity index is 2.47. The molecular formula is C13H15BrClNO. The van der Waals surface area contributed by atoms with Crippen LogP contribution in [0.25, 0.3) is 0 Å². The predicted octanol–water partition coefficient (Wildman–Crippen LogP) is 3.62. The second-order valence-corrected chi connectivity index (χ2v) is 5.29. The molecule has 0 heterocycles. The van der Waals surface area contributed by atoms with E-state index in [9.17, 15) is 4.79 Å². The maximum absolute atomic E-state index is 12.3. The summed E-state index contributed by atoms with van der Waals surface area (Å²) in [5.41, 5.74) is 0.898. The number of alkyl halides is 1. The third-order valence-electron chi connectivity index (χ3n) is 3.38. The molecule has 0 radical (unpaired) electrons. The highest BCUT2D eigenvalue weighted by atomic mass is 79.9. The monoisotopic (exact) mass is 315 g/mol. The number of nitrogens with one attached hydrogen (secondary N) is 1. The van der Waals surface area contributed by atoms with Crippen LogP contribution in [0.15, 0.2) is 24.3 Å². The van der Waals surface area contributed by atoms with Crippen LogP contribution in [0.3, 0.4) is 0 Å². The van der Waals surface area contributed by atoms with Crippen LogP contribution in [0.2, 0.25) is 5.02 Å². The first-order valence-electron chi connectivity index (χ1n) is 5.80. The van der Waals surface area contributed by atoms with Gasteiger partial charge >= 0.3 is 0 Å². The maximum Gasteiger partial charge on any atom is 0.157 e. The molecule has 1 aromatic rings. The minimum atomic E-state index is -0.597. The molecule has 1 aliphatic rings. The van der Waals surface area contributed by atoms with E-state index in [0.717, 1.165) is 24.8 Å². The molecule has 17 heavy (non-hydrogen) atoms. The average molecular weight is 317 g/mol. The summed E-state index contributed by atoms with van der Waals surface area (Å²) in [7, 11) is 0. The Hall–Kier alpha value is -0.380. The molecule has 1 aliphatic carbocycles. The van der Waals surface area contributed by atoms with E-state index in [1.165, 1.54) is 0 Å². The van der Waals surface area contributed by atoms with Gasteiger partial charge in [0.15, 0.2) is 5.78 Å². The lowest BCUT2D eigenvalue weighted by Gasteiger charge is -2.37. The first-order chi connectivity index (χ1) is 8.20. The molecule has 1 N–H and O–H groups in total. The minimum Gasteiger partial charge on any atom is -0.297 e. The molecule has 92 valence electrons. The third kappa shape index (κ3) is 2.42. The molecule has 0 amide bonds. The molecule has 1 fully saturated rings.